The van der Waals surface area contributed by atoms with E-state index in [4.69, 9.17) is 0 Å². The summed E-state index contributed by atoms with van der Waals surface area (Å²) in [6.07, 6.45) is 2.60. The highest BCUT2D eigenvalue weighted by atomic mass is 35.5. The molecule has 0 spiro atoms. The Morgan fingerprint density at radius 1 is 1.30 bits per heavy atom. The van der Waals surface area contributed by atoms with E-state index in [-0.39, 0.29) is 19.0 Å². The lowest BCUT2D eigenvalue weighted by molar-refractivity contribution is 0.122. The van der Waals surface area contributed by atoms with Crippen LogP contribution in [0.15, 0.2) is 18.6 Å². The highest BCUT2D eigenvalue weighted by molar-refractivity contribution is 5.85. The van der Waals surface area contributed by atoms with Crippen LogP contribution in [0.5, 0.6) is 0 Å². The van der Waals surface area contributed by atoms with E-state index >= 15 is 0 Å². The summed E-state index contributed by atoms with van der Waals surface area (Å²) in [6, 6.07) is 0. The lowest BCUT2D eigenvalue weighted by Crippen LogP contribution is -2.06. The van der Waals surface area contributed by atoms with Crippen molar-refractivity contribution in [3.63, 3.8) is 0 Å². The quantitative estimate of drug-likeness (QED) is 0.892. The van der Waals surface area contributed by atoms with Gasteiger partial charge in [0.15, 0.2) is 0 Å². The number of hydrogen-bond acceptors (Lipinski definition) is 3. The maximum absolute atomic E-state index is 12.2. The van der Waals surface area contributed by atoms with Crippen LogP contribution in [0.1, 0.15) is 18.2 Å². The first kappa shape index (κ1) is 16.4. The van der Waals surface area contributed by atoms with Gasteiger partial charge in [0.1, 0.15) is 6.54 Å². The van der Waals surface area contributed by atoms with Crippen LogP contribution in [0.4, 0.5) is 14.5 Å². The maximum atomic E-state index is 12.2. The second-order valence-electron chi connectivity index (χ2n) is 4.27. The molecule has 0 aliphatic carbocycles. The van der Waals surface area contributed by atoms with Gasteiger partial charge in [0, 0.05) is 24.8 Å². The fourth-order valence-corrected chi connectivity index (χ4v) is 1.88. The summed E-state index contributed by atoms with van der Waals surface area (Å²) < 4.78 is 27.5. The average molecular weight is 306 g/mol. The number of anilines is 1. The van der Waals surface area contributed by atoms with Gasteiger partial charge in [-0.15, -0.1) is 12.4 Å². The number of hydrogen-bond donors (Lipinski definition) is 1. The third-order valence-corrected chi connectivity index (χ3v) is 2.90. The lowest BCUT2D eigenvalue weighted by atomic mass is 10.3. The highest BCUT2D eigenvalue weighted by Gasteiger charge is 2.07. The second-order valence-corrected chi connectivity index (χ2v) is 4.27. The van der Waals surface area contributed by atoms with Gasteiger partial charge in [-0.2, -0.15) is 10.2 Å². The minimum absolute atomic E-state index is 0. The van der Waals surface area contributed by atoms with E-state index in [1.165, 1.54) is 4.68 Å². The van der Waals surface area contributed by atoms with E-state index in [1.54, 1.807) is 18.6 Å². The van der Waals surface area contributed by atoms with E-state index in [2.05, 4.69) is 15.5 Å². The van der Waals surface area contributed by atoms with Crippen LogP contribution in [0.25, 0.3) is 0 Å². The van der Waals surface area contributed by atoms with Crippen molar-refractivity contribution in [2.24, 2.45) is 0 Å². The summed E-state index contributed by atoms with van der Waals surface area (Å²) in [4.78, 5) is 0. The smallest absolute Gasteiger partial charge is 0.257 e. The normalized spacial score (nSPS) is 10.7. The average Bonchev–Trinajstić information content (AvgIpc) is 2.93. The number of aromatic nitrogens is 4. The second kappa shape index (κ2) is 7.23. The number of nitrogens with zero attached hydrogens (tertiary/aromatic N) is 4. The van der Waals surface area contributed by atoms with Crippen molar-refractivity contribution in [2.75, 3.05) is 5.32 Å². The molecular formula is C12H18ClF2N5. The molecule has 1 N–H and O–H groups in total. The van der Waals surface area contributed by atoms with Crippen molar-refractivity contribution in [1.82, 2.24) is 19.6 Å². The van der Waals surface area contributed by atoms with Crippen LogP contribution in [-0.2, 0) is 19.6 Å². The molecular weight excluding hydrogens is 288 g/mol. The number of rotatable bonds is 6. The first-order valence-corrected chi connectivity index (χ1v) is 6.16. The standard InChI is InChI=1S/C12H17F2N5.ClH/c1-3-19-9(2)11(6-17-19)15-4-10-5-16-18(7-10)8-12(13)14;/h5-7,12,15H,3-4,8H2,1-2H3;1H. The predicted octanol–water partition coefficient (Wildman–Crippen LogP) is 2.71. The molecule has 0 unspecified atom stereocenters. The molecule has 8 heteroatoms. The first-order chi connectivity index (χ1) is 9.10. The SMILES string of the molecule is CCn1ncc(NCc2cnn(CC(F)F)c2)c1C.Cl. The molecule has 2 rings (SSSR count). The van der Waals surface area contributed by atoms with Gasteiger partial charge in [0.25, 0.3) is 6.43 Å². The minimum Gasteiger partial charge on any atom is -0.378 e. The van der Waals surface area contributed by atoms with Gasteiger partial charge in [0.2, 0.25) is 0 Å². The number of nitrogens with one attached hydrogen (secondary N) is 1. The molecule has 0 amide bonds. The highest BCUT2D eigenvalue weighted by Crippen LogP contribution is 2.14. The molecule has 2 heterocycles. The van der Waals surface area contributed by atoms with E-state index in [0.29, 0.717) is 6.54 Å². The summed E-state index contributed by atoms with van der Waals surface area (Å²) in [5.41, 5.74) is 2.87. The van der Waals surface area contributed by atoms with Crippen molar-refractivity contribution < 1.29 is 8.78 Å². The molecule has 0 aliphatic heterocycles. The van der Waals surface area contributed by atoms with E-state index < -0.39 is 6.43 Å². The van der Waals surface area contributed by atoms with Crippen molar-refractivity contribution in [3.05, 3.63) is 29.8 Å². The van der Waals surface area contributed by atoms with Crippen molar-refractivity contribution >= 4 is 18.1 Å². The van der Waals surface area contributed by atoms with Gasteiger partial charge in [0.05, 0.1) is 23.8 Å². The minimum atomic E-state index is -2.38. The molecule has 20 heavy (non-hydrogen) atoms. The van der Waals surface area contributed by atoms with Gasteiger partial charge in [-0.3, -0.25) is 9.36 Å². The topological polar surface area (TPSA) is 47.7 Å². The molecule has 0 bridgehead atoms. The Balaban J connectivity index is 0.00000200. The van der Waals surface area contributed by atoms with Crippen LogP contribution in [0.2, 0.25) is 0 Å². The van der Waals surface area contributed by atoms with Gasteiger partial charge < -0.3 is 5.32 Å². The molecule has 112 valence electrons. The van der Waals surface area contributed by atoms with Gasteiger partial charge in [-0.05, 0) is 13.8 Å². The number of halogens is 3. The van der Waals surface area contributed by atoms with Crippen LogP contribution in [0.3, 0.4) is 0 Å². The van der Waals surface area contributed by atoms with Crippen molar-refractivity contribution in [1.29, 1.82) is 0 Å². The van der Waals surface area contributed by atoms with Crippen molar-refractivity contribution in [3.8, 4) is 0 Å². The monoisotopic (exact) mass is 305 g/mol. The Morgan fingerprint density at radius 2 is 2.05 bits per heavy atom. The fourth-order valence-electron chi connectivity index (χ4n) is 1.88. The Labute approximate surface area is 122 Å². The zero-order chi connectivity index (χ0) is 13.8. The molecule has 2 aromatic heterocycles. The number of alkyl halides is 2. The first-order valence-electron chi connectivity index (χ1n) is 6.16. The Kier molecular flexibility index (Phi) is 5.94. The van der Waals surface area contributed by atoms with Gasteiger partial charge in [-0.1, -0.05) is 0 Å². The van der Waals surface area contributed by atoms with Crippen LogP contribution < -0.4 is 5.32 Å². The third-order valence-electron chi connectivity index (χ3n) is 2.90. The molecule has 2 aromatic rings. The molecule has 0 radical (unpaired) electrons. The van der Waals surface area contributed by atoms with Crippen LogP contribution in [-0.4, -0.2) is 26.0 Å². The zero-order valence-corrected chi connectivity index (χ0v) is 12.2. The molecule has 0 aliphatic rings. The molecule has 0 aromatic carbocycles. The summed E-state index contributed by atoms with van der Waals surface area (Å²) in [5.74, 6) is 0. The Morgan fingerprint density at radius 3 is 2.65 bits per heavy atom. The van der Waals surface area contributed by atoms with Crippen LogP contribution in [0, 0.1) is 6.92 Å². The third kappa shape index (κ3) is 3.93. The molecule has 0 saturated carbocycles. The van der Waals surface area contributed by atoms with E-state index in [0.717, 1.165) is 23.5 Å². The summed E-state index contributed by atoms with van der Waals surface area (Å²) >= 11 is 0. The Hall–Kier alpha value is -1.63. The van der Waals surface area contributed by atoms with Gasteiger partial charge >= 0.3 is 0 Å². The lowest BCUT2D eigenvalue weighted by Gasteiger charge is -2.04. The van der Waals surface area contributed by atoms with E-state index in [9.17, 15) is 8.78 Å². The van der Waals surface area contributed by atoms with Crippen molar-refractivity contribution in [2.45, 2.75) is 39.9 Å². The maximum Gasteiger partial charge on any atom is 0.257 e. The molecule has 0 fully saturated rings. The van der Waals surface area contributed by atoms with Crippen LogP contribution >= 0.6 is 12.4 Å². The summed E-state index contributed by atoms with van der Waals surface area (Å²) in [6.45, 7) is 5.00. The summed E-state index contributed by atoms with van der Waals surface area (Å²) in [7, 11) is 0. The predicted molar refractivity (Wildman–Crippen MR) is 75.4 cm³/mol. The number of aryl methyl sites for hydroxylation is 1. The summed E-state index contributed by atoms with van der Waals surface area (Å²) in [5, 5.41) is 11.3. The Bertz CT molecular complexity index is 538. The van der Waals surface area contributed by atoms with E-state index in [1.807, 2.05) is 18.5 Å². The molecule has 0 atom stereocenters. The van der Waals surface area contributed by atoms with Gasteiger partial charge in [-0.25, -0.2) is 8.78 Å². The fraction of sp³-hybridized carbons (Fsp3) is 0.500. The largest absolute Gasteiger partial charge is 0.378 e. The zero-order valence-electron chi connectivity index (χ0n) is 11.4. The molecule has 0 saturated heterocycles. The molecule has 5 nitrogen and oxygen atoms in total.